The highest BCUT2D eigenvalue weighted by Crippen LogP contribution is 2.26. The Hall–Kier alpha value is -1.27. The van der Waals surface area contributed by atoms with Crippen molar-refractivity contribution in [2.75, 3.05) is 19.6 Å². The summed E-state index contributed by atoms with van der Waals surface area (Å²) in [6, 6.07) is 0. The molecule has 0 saturated heterocycles. The molecule has 0 bridgehead atoms. The lowest BCUT2D eigenvalue weighted by Gasteiger charge is -2.23. The predicted octanol–water partition coefficient (Wildman–Crippen LogP) is 1.86. The second-order valence-corrected chi connectivity index (χ2v) is 5.40. The Kier molecular flexibility index (Phi) is 3.13. The summed E-state index contributed by atoms with van der Waals surface area (Å²) in [4.78, 5) is 3.34. The van der Waals surface area contributed by atoms with Crippen LogP contribution in [0.3, 0.4) is 0 Å². The van der Waals surface area contributed by atoms with Gasteiger partial charge in [0.15, 0.2) is 5.82 Å². The van der Waals surface area contributed by atoms with Crippen molar-refractivity contribution < 1.29 is 0 Å². The minimum absolute atomic E-state index is 0.868. The van der Waals surface area contributed by atoms with E-state index < -0.39 is 0 Å². The van der Waals surface area contributed by atoms with Gasteiger partial charge in [-0.2, -0.15) is 9.61 Å². The molecule has 0 unspecified atom stereocenters. The van der Waals surface area contributed by atoms with Crippen molar-refractivity contribution in [3.8, 4) is 0 Å². The third kappa shape index (κ3) is 1.95. The van der Waals surface area contributed by atoms with Gasteiger partial charge in [0.25, 0.3) is 0 Å². The first-order valence-electron chi connectivity index (χ1n) is 6.44. The molecular formula is C12H17N5S. The molecule has 1 aliphatic rings. The summed E-state index contributed by atoms with van der Waals surface area (Å²) in [6.07, 6.45) is 4.25. The molecule has 0 radical (unpaired) electrons. The maximum atomic E-state index is 4.64. The van der Waals surface area contributed by atoms with E-state index in [0.29, 0.717) is 0 Å². The molecular weight excluding hydrogens is 246 g/mol. The summed E-state index contributed by atoms with van der Waals surface area (Å²) in [7, 11) is 0. The number of fused-ring (bicyclic) bond motifs is 1. The van der Waals surface area contributed by atoms with E-state index in [-0.39, 0.29) is 0 Å². The summed E-state index contributed by atoms with van der Waals surface area (Å²) in [5.74, 6) is 0.944. The van der Waals surface area contributed by atoms with Crippen LogP contribution in [0.4, 0.5) is 0 Å². The highest BCUT2D eigenvalue weighted by atomic mass is 32.1. The number of aryl methyl sites for hydroxylation is 1. The van der Waals surface area contributed by atoms with Crippen LogP contribution in [0.25, 0.3) is 10.5 Å². The van der Waals surface area contributed by atoms with Crippen molar-refractivity contribution in [2.24, 2.45) is 0 Å². The minimum atomic E-state index is 0.868. The molecule has 2 aromatic rings. The molecule has 18 heavy (non-hydrogen) atoms. The first-order chi connectivity index (χ1) is 8.81. The molecule has 0 aliphatic carbocycles. The minimum Gasteiger partial charge on any atom is -0.300 e. The van der Waals surface area contributed by atoms with Crippen molar-refractivity contribution in [1.29, 1.82) is 0 Å². The van der Waals surface area contributed by atoms with Crippen LogP contribution in [-0.4, -0.2) is 44.3 Å². The zero-order valence-corrected chi connectivity index (χ0v) is 11.6. The standard InChI is InChI=1S/C12H17N5S/c1-3-10-13-14-12-17(10)15-11(18-12)9-5-7-16(4-2)8-6-9/h5H,3-4,6-8H2,1-2H3. The van der Waals surface area contributed by atoms with E-state index in [1.54, 1.807) is 11.3 Å². The lowest BCUT2D eigenvalue weighted by atomic mass is 10.1. The van der Waals surface area contributed by atoms with E-state index in [1.807, 2.05) is 4.52 Å². The number of nitrogens with zero attached hydrogens (tertiary/aromatic N) is 5. The Bertz CT molecular complexity index is 582. The van der Waals surface area contributed by atoms with Crippen LogP contribution in [0, 0.1) is 0 Å². The van der Waals surface area contributed by atoms with Crippen molar-refractivity contribution >= 4 is 21.9 Å². The Balaban J connectivity index is 1.91. The first kappa shape index (κ1) is 11.8. The van der Waals surface area contributed by atoms with Crippen LogP contribution in [-0.2, 0) is 6.42 Å². The molecule has 0 spiro atoms. The molecule has 0 fully saturated rings. The molecule has 6 heteroatoms. The largest absolute Gasteiger partial charge is 0.300 e. The summed E-state index contributed by atoms with van der Waals surface area (Å²) in [6.45, 7) is 7.56. The zero-order valence-electron chi connectivity index (χ0n) is 10.8. The van der Waals surface area contributed by atoms with E-state index in [0.717, 1.165) is 48.3 Å². The topological polar surface area (TPSA) is 46.3 Å². The molecule has 0 aromatic carbocycles. The number of rotatable bonds is 3. The van der Waals surface area contributed by atoms with Crippen LogP contribution in [0.1, 0.15) is 31.1 Å². The summed E-state index contributed by atoms with van der Waals surface area (Å²) in [5.41, 5.74) is 1.36. The molecule has 3 heterocycles. The second kappa shape index (κ2) is 4.78. The molecule has 0 atom stereocenters. The maximum absolute atomic E-state index is 4.64. The maximum Gasteiger partial charge on any atom is 0.234 e. The highest BCUT2D eigenvalue weighted by Gasteiger charge is 2.17. The molecule has 0 N–H and O–H groups in total. The van der Waals surface area contributed by atoms with Gasteiger partial charge in [0.2, 0.25) is 4.96 Å². The van der Waals surface area contributed by atoms with E-state index in [9.17, 15) is 0 Å². The summed E-state index contributed by atoms with van der Waals surface area (Å²) >= 11 is 1.64. The van der Waals surface area contributed by atoms with Crippen molar-refractivity contribution in [2.45, 2.75) is 26.7 Å². The lowest BCUT2D eigenvalue weighted by Crippen LogP contribution is -2.28. The van der Waals surface area contributed by atoms with Gasteiger partial charge in [0.1, 0.15) is 5.01 Å². The number of hydrogen-bond donors (Lipinski definition) is 0. The lowest BCUT2D eigenvalue weighted by molar-refractivity contribution is 0.318. The van der Waals surface area contributed by atoms with E-state index in [2.05, 4.69) is 40.1 Å². The zero-order chi connectivity index (χ0) is 12.5. The van der Waals surface area contributed by atoms with Gasteiger partial charge in [-0.05, 0) is 18.5 Å². The van der Waals surface area contributed by atoms with Crippen molar-refractivity contribution in [3.05, 3.63) is 16.9 Å². The van der Waals surface area contributed by atoms with Crippen molar-refractivity contribution in [1.82, 2.24) is 24.7 Å². The average Bonchev–Trinajstić information content (AvgIpc) is 2.98. The molecule has 3 rings (SSSR count). The average molecular weight is 263 g/mol. The molecule has 2 aromatic heterocycles. The SMILES string of the molecule is CCc1nnc2sc(C3=CCN(CC)CC3)nn12. The molecule has 1 aliphatic heterocycles. The molecule has 5 nitrogen and oxygen atoms in total. The van der Waals surface area contributed by atoms with E-state index in [1.165, 1.54) is 5.57 Å². The van der Waals surface area contributed by atoms with Gasteiger partial charge >= 0.3 is 0 Å². The Labute approximate surface area is 110 Å². The fourth-order valence-electron chi connectivity index (χ4n) is 2.20. The monoisotopic (exact) mass is 263 g/mol. The highest BCUT2D eigenvalue weighted by molar-refractivity contribution is 7.17. The molecule has 0 amide bonds. The number of hydrogen-bond acceptors (Lipinski definition) is 5. The number of likely N-dealkylation sites (N-methyl/N-ethyl adjacent to an activating group) is 1. The predicted molar refractivity (Wildman–Crippen MR) is 72.7 cm³/mol. The van der Waals surface area contributed by atoms with Gasteiger partial charge in [-0.25, -0.2) is 0 Å². The molecule has 96 valence electrons. The fourth-order valence-corrected chi connectivity index (χ4v) is 3.13. The van der Waals surface area contributed by atoms with Crippen LogP contribution in [0.5, 0.6) is 0 Å². The molecule has 0 saturated carbocycles. The Morgan fingerprint density at radius 2 is 2.22 bits per heavy atom. The van der Waals surface area contributed by atoms with Gasteiger partial charge in [-0.1, -0.05) is 31.3 Å². The van der Waals surface area contributed by atoms with Gasteiger partial charge in [-0.15, -0.1) is 10.2 Å². The van der Waals surface area contributed by atoms with Crippen LogP contribution in [0.2, 0.25) is 0 Å². The smallest absolute Gasteiger partial charge is 0.234 e. The Morgan fingerprint density at radius 3 is 2.89 bits per heavy atom. The Morgan fingerprint density at radius 1 is 1.33 bits per heavy atom. The quantitative estimate of drug-likeness (QED) is 0.848. The third-order valence-electron chi connectivity index (χ3n) is 3.39. The normalized spacial score (nSPS) is 17.3. The van der Waals surface area contributed by atoms with E-state index >= 15 is 0 Å². The van der Waals surface area contributed by atoms with Crippen LogP contribution in [0.15, 0.2) is 6.08 Å². The van der Waals surface area contributed by atoms with Gasteiger partial charge in [0.05, 0.1) is 0 Å². The first-order valence-corrected chi connectivity index (χ1v) is 7.26. The van der Waals surface area contributed by atoms with Gasteiger partial charge < -0.3 is 0 Å². The fraction of sp³-hybridized carbons (Fsp3) is 0.583. The van der Waals surface area contributed by atoms with E-state index in [4.69, 9.17) is 0 Å². The van der Waals surface area contributed by atoms with Gasteiger partial charge in [0, 0.05) is 19.5 Å². The van der Waals surface area contributed by atoms with Gasteiger partial charge in [-0.3, -0.25) is 4.90 Å². The number of aromatic nitrogens is 4. The second-order valence-electron chi connectivity index (χ2n) is 4.44. The third-order valence-corrected chi connectivity index (χ3v) is 4.36. The van der Waals surface area contributed by atoms with Crippen LogP contribution < -0.4 is 0 Å². The van der Waals surface area contributed by atoms with Crippen LogP contribution >= 0.6 is 11.3 Å². The summed E-state index contributed by atoms with van der Waals surface area (Å²) < 4.78 is 1.88. The van der Waals surface area contributed by atoms with Crippen molar-refractivity contribution in [3.63, 3.8) is 0 Å². The summed E-state index contributed by atoms with van der Waals surface area (Å²) in [5, 5.41) is 14.0.